The van der Waals surface area contributed by atoms with Crippen LogP contribution in [0, 0.1) is 13.8 Å². The van der Waals surface area contributed by atoms with Gasteiger partial charge in [0.25, 0.3) is 5.91 Å². The summed E-state index contributed by atoms with van der Waals surface area (Å²) in [5, 5.41) is 7.42. The first-order chi connectivity index (χ1) is 13.9. The van der Waals surface area contributed by atoms with Gasteiger partial charge in [-0.15, -0.1) is 0 Å². The lowest BCUT2D eigenvalue weighted by Crippen LogP contribution is -2.37. The van der Waals surface area contributed by atoms with Crippen molar-refractivity contribution in [1.82, 2.24) is 19.7 Å². The molecule has 0 aliphatic heterocycles. The zero-order valence-electron chi connectivity index (χ0n) is 16.5. The Balaban J connectivity index is 1.52. The number of hydrogen-bond donors (Lipinski definition) is 1. The summed E-state index contributed by atoms with van der Waals surface area (Å²) >= 11 is 0. The van der Waals surface area contributed by atoms with Crippen molar-refractivity contribution in [3.05, 3.63) is 82.1 Å². The van der Waals surface area contributed by atoms with E-state index in [-0.39, 0.29) is 11.9 Å². The molecule has 148 valence electrons. The largest absolute Gasteiger partial charge is 0.420 e. The predicted octanol–water partition coefficient (Wildman–Crippen LogP) is 3.22. The fraction of sp³-hybridized carbons (Fsp3) is 0.227. The molecule has 0 fully saturated rings. The minimum Gasteiger partial charge on any atom is -0.408 e. The van der Waals surface area contributed by atoms with Crippen molar-refractivity contribution in [2.24, 2.45) is 0 Å². The number of aryl methyl sites for hydroxylation is 2. The van der Waals surface area contributed by atoms with Crippen molar-refractivity contribution in [3.8, 4) is 5.69 Å². The normalized spacial score (nSPS) is 12.2. The Hall–Kier alpha value is -3.61. The molecule has 0 spiro atoms. The van der Waals surface area contributed by atoms with Crippen LogP contribution in [0.25, 0.3) is 16.8 Å². The lowest BCUT2D eigenvalue weighted by Gasteiger charge is -2.15. The summed E-state index contributed by atoms with van der Waals surface area (Å²) in [7, 11) is 0. The number of oxazole rings is 1. The van der Waals surface area contributed by atoms with E-state index in [1.165, 1.54) is 4.57 Å². The maximum atomic E-state index is 12.8. The highest BCUT2D eigenvalue weighted by Crippen LogP contribution is 2.15. The van der Waals surface area contributed by atoms with Crippen LogP contribution in [-0.2, 0) is 6.54 Å². The van der Waals surface area contributed by atoms with Crippen molar-refractivity contribution in [2.75, 3.05) is 0 Å². The molecule has 4 aromatic rings. The van der Waals surface area contributed by atoms with Crippen molar-refractivity contribution < 1.29 is 9.21 Å². The summed E-state index contributed by atoms with van der Waals surface area (Å²) in [4.78, 5) is 24.9. The Kier molecular flexibility index (Phi) is 4.80. The summed E-state index contributed by atoms with van der Waals surface area (Å²) in [5.74, 6) is -0.638. The number of carbonyl (C=O) groups is 1. The first kappa shape index (κ1) is 18.7. The molecule has 7 nitrogen and oxygen atoms in total. The zero-order valence-corrected chi connectivity index (χ0v) is 16.5. The lowest BCUT2D eigenvalue weighted by molar-refractivity contribution is 0.0936. The number of carbonyl (C=O) groups excluding carboxylic acids is 1. The van der Waals surface area contributed by atoms with Gasteiger partial charge in [-0.3, -0.25) is 9.36 Å². The van der Waals surface area contributed by atoms with Gasteiger partial charge in [0.1, 0.15) is 0 Å². The van der Waals surface area contributed by atoms with E-state index < -0.39 is 5.76 Å². The van der Waals surface area contributed by atoms with Gasteiger partial charge in [-0.05, 0) is 57.2 Å². The first-order valence-electron chi connectivity index (χ1n) is 9.45. The maximum absolute atomic E-state index is 12.8. The van der Waals surface area contributed by atoms with Crippen molar-refractivity contribution in [1.29, 1.82) is 0 Å². The van der Waals surface area contributed by atoms with E-state index in [1.54, 1.807) is 18.2 Å². The summed E-state index contributed by atoms with van der Waals surface area (Å²) in [6, 6.07) is 16.3. The Labute approximate surface area is 167 Å². The van der Waals surface area contributed by atoms with E-state index in [2.05, 4.69) is 10.4 Å². The Morgan fingerprint density at radius 1 is 1.14 bits per heavy atom. The van der Waals surface area contributed by atoms with E-state index in [1.807, 2.05) is 61.9 Å². The van der Waals surface area contributed by atoms with Crippen LogP contribution in [0.4, 0.5) is 0 Å². The molecule has 0 aliphatic carbocycles. The molecule has 0 saturated carbocycles. The Bertz CT molecular complexity index is 1250. The average molecular weight is 390 g/mol. The highest BCUT2D eigenvalue weighted by Gasteiger charge is 2.15. The molecule has 2 aromatic carbocycles. The van der Waals surface area contributed by atoms with Crippen molar-refractivity contribution in [3.63, 3.8) is 0 Å². The fourth-order valence-electron chi connectivity index (χ4n) is 3.48. The molecular weight excluding hydrogens is 368 g/mol. The number of rotatable bonds is 5. The number of amides is 1. The smallest absolute Gasteiger partial charge is 0.408 e. The van der Waals surface area contributed by atoms with Crippen LogP contribution in [0.15, 0.2) is 63.8 Å². The molecule has 0 bridgehead atoms. The number of para-hydroxylation sites is 2. The predicted molar refractivity (Wildman–Crippen MR) is 110 cm³/mol. The molecule has 1 atom stereocenters. The number of nitrogens with zero attached hydrogens (tertiary/aromatic N) is 3. The van der Waals surface area contributed by atoms with E-state index in [9.17, 15) is 9.59 Å². The van der Waals surface area contributed by atoms with Gasteiger partial charge >= 0.3 is 5.76 Å². The van der Waals surface area contributed by atoms with Gasteiger partial charge in [0, 0.05) is 23.8 Å². The molecule has 29 heavy (non-hydrogen) atoms. The fourth-order valence-corrected chi connectivity index (χ4v) is 3.48. The molecule has 1 amide bonds. The molecule has 7 heteroatoms. The van der Waals surface area contributed by atoms with Crippen LogP contribution in [-0.4, -0.2) is 26.3 Å². The van der Waals surface area contributed by atoms with Gasteiger partial charge in [0.05, 0.1) is 16.9 Å². The van der Waals surface area contributed by atoms with Gasteiger partial charge in [0.2, 0.25) is 0 Å². The molecule has 4 rings (SSSR count). The quantitative estimate of drug-likeness (QED) is 0.567. The zero-order chi connectivity index (χ0) is 20.5. The number of hydrogen-bond acceptors (Lipinski definition) is 4. The molecule has 2 heterocycles. The third-order valence-corrected chi connectivity index (χ3v) is 4.77. The highest BCUT2D eigenvalue weighted by atomic mass is 16.4. The van der Waals surface area contributed by atoms with Gasteiger partial charge < -0.3 is 9.73 Å². The second-order valence-corrected chi connectivity index (χ2v) is 7.21. The third-order valence-electron chi connectivity index (χ3n) is 4.77. The second kappa shape index (κ2) is 7.43. The first-order valence-corrected chi connectivity index (χ1v) is 9.45. The van der Waals surface area contributed by atoms with Gasteiger partial charge in [0.15, 0.2) is 5.58 Å². The molecule has 0 aliphatic rings. The third kappa shape index (κ3) is 3.71. The SMILES string of the molecule is Cc1cc(C)n(-c2cccc(C(=O)N[C@H](C)Cn3c(=O)oc4ccccc43)c2)n1. The second-order valence-electron chi connectivity index (χ2n) is 7.21. The number of benzene rings is 2. The van der Waals surface area contributed by atoms with Crippen LogP contribution in [0.3, 0.4) is 0 Å². The van der Waals surface area contributed by atoms with Crippen LogP contribution < -0.4 is 11.1 Å². The highest BCUT2D eigenvalue weighted by molar-refractivity contribution is 5.94. The minimum atomic E-state index is -0.432. The lowest BCUT2D eigenvalue weighted by atomic mass is 10.1. The average Bonchev–Trinajstić information content (AvgIpc) is 3.20. The number of fused-ring (bicyclic) bond motifs is 1. The number of aromatic nitrogens is 3. The standard InChI is InChI=1S/C22H22N4O3/c1-14-11-16(3)26(24-14)18-8-6-7-17(12-18)21(27)23-15(2)13-25-19-9-4-5-10-20(19)29-22(25)28/h4-12,15H,13H2,1-3H3,(H,23,27)/t15-/m1/s1. The molecule has 0 radical (unpaired) electrons. The van der Waals surface area contributed by atoms with Gasteiger partial charge in [-0.25, -0.2) is 9.48 Å². The van der Waals surface area contributed by atoms with Crippen molar-refractivity contribution >= 4 is 17.0 Å². The minimum absolute atomic E-state index is 0.207. The van der Waals surface area contributed by atoms with Crippen molar-refractivity contribution in [2.45, 2.75) is 33.4 Å². The summed E-state index contributed by atoms with van der Waals surface area (Å²) in [5.41, 5.74) is 4.53. The number of nitrogens with one attached hydrogen (secondary N) is 1. The molecular formula is C22H22N4O3. The van der Waals surface area contributed by atoms with Gasteiger partial charge in [-0.2, -0.15) is 5.10 Å². The monoisotopic (exact) mass is 390 g/mol. The molecule has 1 N–H and O–H groups in total. The molecule has 2 aromatic heterocycles. The summed E-state index contributed by atoms with van der Waals surface area (Å²) in [6.45, 7) is 6.08. The summed E-state index contributed by atoms with van der Waals surface area (Å²) in [6.07, 6.45) is 0. The molecule has 0 unspecified atom stereocenters. The maximum Gasteiger partial charge on any atom is 0.420 e. The van der Waals surface area contributed by atoms with E-state index >= 15 is 0 Å². The van der Waals surface area contributed by atoms with Crippen LogP contribution in [0.2, 0.25) is 0 Å². The Morgan fingerprint density at radius 2 is 1.93 bits per heavy atom. The van der Waals surface area contributed by atoms with Crippen LogP contribution in [0.1, 0.15) is 28.7 Å². The Morgan fingerprint density at radius 3 is 2.69 bits per heavy atom. The molecule has 0 saturated heterocycles. The van der Waals surface area contributed by atoms with Crippen LogP contribution >= 0.6 is 0 Å². The van der Waals surface area contributed by atoms with E-state index in [0.29, 0.717) is 23.2 Å². The van der Waals surface area contributed by atoms with E-state index in [0.717, 1.165) is 17.1 Å². The topological polar surface area (TPSA) is 82.1 Å². The van der Waals surface area contributed by atoms with E-state index in [4.69, 9.17) is 4.42 Å². The van der Waals surface area contributed by atoms with Gasteiger partial charge in [-0.1, -0.05) is 18.2 Å². The summed E-state index contributed by atoms with van der Waals surface area (Å²) < 4.78 is 8.60. The van der Waals surface area contributed by atoms with Crippen LogP contribution in [0.5, 0.6) is 0 Å².